The van der Waals surface area contributed by atoms with Crippen LogP contribution in [0.4, 0.5) is 0 Å². The maximum absolute atomic E-state index is 11.3. The summed E-state index contributed by atoms with van der Waals surface area (Å²) >= 11 is 18.8. The molecule has 0 saturated heterocycles. The zero-order valence-corrected chi connectivity index (χ0v) is 24.1. The van der Waals surface area contributed by atoms with Gasteiger partial charge in [0.1, 0.15) is 31.7 Å². The van der Waals surface area contributed by atoms with Gasteiger partial charge in [0, 0.05) is 26.2 Å². The predicted molar refractivity (Wildman–Crippen MR) is 144 cm³/mol. The van der Waals surface area contributed by atoms with Gasteiger partial charge in [-0.3, -0.25) is 14.4 Å². The van der Waals surface area contributed by atoms with E-state index in [2.05, 4.69) is 0 Å². The van der Waals surface area contributed by atoms with Crippen LogP contribution in [0.15, 0.2) is 36.4 Å². The summed E-state index contributed by atoms with van der Waals surface area (Å²) in [6.07, 6.45) is -1.37. The van der Waals surface area contributed by atoms with Gasteiger partial charge in [0.05, 0.1) is 15.9 Å². The Morgan fingerprint density at radius 2 is 1.29 bits per heavy atom. The van der Waals surface area contributed by atoms with Crippen molar-refractivity contribution >= 4 is 52.7 Å². The highest BCUT2D eigenvalue weighted by atomic mass is 35.5. The van der Waals surface area contributed by atoms with Gasteiger partial charge in [-0.25, -0.2) is 0 Å². The second-order valence-corrected chi connectivity index (χ2v) is 10.1. The Bertz CT molecular complexity index is 1090. The summed E-state index contributed by atoms with van der Waals surface area (Å²) in [6, 6.07) is 10.9. The molecule has 0 saturated carbocycles. The molecule has 2 aromatic rings. The second-order valence-electron chi connectivity index (χ2n) is 8.96. The molecule has 208 valence electrons. The molecule has 0 bridgehead atoms. The molecule has 0 aliphatic carbocycles. The van der Waals surface area contributed by atoms with Crippen LogP contribution in [0.1, 0.15) is 45.7 Å². The highest BCUT2D eigenvalue weighted by molar-refractivity contribution is 6.37. The van der Waals surface area contributed by atoms with Crippen molar-refractivity contribution in [2.75, 3.05) is 25.7 Å². The minimum atomic E-state index is -0.730. The van der Waals surface area contributed by atoms with Crippen LogP contribution in [0.25, 0.3) is 0 Å². The van der Waals surface area contributed by atoms with E-state index in [1.165, 1.54) is 20.8 Å². The molecule has 2 rings (SSSR count). The first kappa shape index (κ1) is 31.5. The molecule has 0 aliphatic heterocycles. The lowest BCUT2D eigenvalue weighted by Crippen LogP contribution is -2.29. The Morgan fingerprint density at radius 1 is 0.763 bits per heavy atom. The number of hydrogen-bond donors (Lipinski definition) is 0. The van der Waals surface area contributed by atoms with Crippen LogP contribution in [0.2, 0.25) is 10.0 Å². The Labute approximate surface area is 237 Å². The van der Waals surface area contributed by atoms with E-state index < -0.39 is 35.5 Å². The molecule has 0 spiro atoms. The summed E-state index contributed by atoms with van der Waals surface area (Å²) in [6.45, 7) is 7.80. The Kier molecular flexibility index (Phi) is 12.0. The van der Waals surface area contributed by atoms with Crippen LogP contribution in [-0.4, -0.2) is 55.8 Å². The topological polar surface area (TPSA) is 97.4 Å². The van der Waals surface area contributed by atoms with E-state index in [4.69, 9.17) is 58.5 Å². The molecule has 11 heteroatoms. The number of alkyl halides is 1. The molecule has 0 heterocycles. The van der Waals surface area contributed by atoms with E-state index in [0.717, 1.165) is 11.1 Å². The number of rotatable bonds is 13. The largest absolute Gasteiger partial charge is 0.490 e. The lowest BCUT2D eigenvalue weighted by molar-refractivity contribution is -0.158. The van der Waals surface area contributed by atoms with Crippen molar-refractivity contribution in [1.29, 1.82) is 0 Å². The third kappa shape index (κ3) is 9.57. The van der Waals surface area contributed by atoms with E-state index >= 15 is 0 Å². The molecule has 0 fully saturated rings. The van der Waals surface area contributed by atoms with Gasteiger partial charge < -0.3 is 23.7 Å². The van der Waals surface area contributed by atoms with Crippen molar-refractivity contribution in [3.05, 3.63) is 57.6 Å². The van der Waals surface area contributed by atoms with Crippen molar-refractivity contribution in [2.24, 2.45) is 0 Å². The summed E-state index contributed by atoms with van der Waals surface area (Å²) in [7, 11) is 0. The highest BCUT2D eigenvalue weighted by Crippen LogP contribution is 2.40. The Hall–Kier alpha value is -2.68. The average molecular weight is 590 g/mol. The Morgan fingerprint density at radius 3 is 1.79 bits per heavy atom. The fraction of sp³-hybridized carbons (Fsp3) is 0.444. The van der Waals surface area contributed by atoms with Crippen LogP contribution in [0.5, 0.6) is 11.5 Å². The smallest absolute Gasteiger partial charge is 0.303 e. The number of benzene rings is 2. The lowest BCUT2D eigenvalue weighted by atomic mass is 9.78. The minimum absolute atomic E-state index is 0.00587. The van der Waals surface area contributed by atoms with Crippen molar-refractivity contribution in [2.45, 2.75) is 52.2 Å². The fourth-order valence-electron chi connectivity index (χ4n) is 3.46. The molecule has 38 heavy (non-hydrogen) atoms. The first-order chi connectivity index (χ1) is 17.8. The van der Waals surface area contributed by atoms with Crippen molar-refractivity contribution < 1.29 is 38.1 Å². The first-order valence-electron chi connectivity index (χ1n) is 11.7. The third-order valence-corrected chi connectivity index (χ3v) is 6.36. The SMILES string of the molecule is CC(=O)OC[C@@H](COc1ccc(C(C)(C)c2cc(Cl)c(OC[C@@H](CCl)OC(C)=O)c(Cl)c2)cc1)OC(C)=O. The molecule has 0 N–H and O–H groups in total. The van der Waals surface area contributed by atoms with E-state index in [-0.39, 0.29) is 31.5 Å². The second kappa shape index (κ2) is 14.5. The fourth-order valence-corrected chi connectivity index (χ4v) is 4.21. The van der Waals surface area contributed by atoms with Gasteiger partial charge in [0.25, 0.3) is 0 Å². The van der Waals surface area contributed by atoms with Gasteiger partial charge in [-0.2, -0.15) is 0 Å². The van der Waals surface area contributed by atoms with Crippen molar-refractivity contribution in [3.63, 3.8) is 0 Å². The number of halogens is 3. The first-order valence-corrected chi connectivity index (χ1v) is 13.0. The van der Waals surface area contributed by atoms with Crippen molar-refractivity contribution in [3.8, 4) is 11.5 Å². The van der Waals surface area contributed by atoms with E-state index in [9.17, 15) is 14.4 Å². The summed E-state index contributed by atoms with van der Waals surface area (Å²) in [5, 5.41) is 0.613. The molecule has 0 aliphatic rings. The maximum Gasteiger partial charge on any atom is 0.303 e. The molecule has 0 amide bonds. The standard InChI is InChI=1S/C27H31Cl3O8/c1-16(31)34-14-23(38-18(3)33)15-35-21-8-6-19(7-9-21)27(4,5)20-10-24(29)26(25(30)11-20)36-13-22(12-28)37-17(2)32/h6-11,22-23H,12-15H2,1-5H3/t22-,23+/m1/s1. The van der Waals surface area contributed by atoms with Crippen LogP contribution in [0, 0.1) is 0 Å². The van der Waals surface area contributed by atoms with Gasteiger partial charge in [0.2, 0.25) is 0 Å². The predicted octanol–water partition coefficient (Wildman–Crippen LogP) is 5.74. The molecular weight excluding hydrogens is 559 g/mol. The molecule has 0 radical (unpaired) electrons. The van der Waals surface area contributed by atoms with Crippen LogP contribution in [-0.2, 0) is 34.0 Å². The monoisotopic (exact) mass is 588 g/mol. The zero-order valence-electron chi connectivity index (χ0n) is 21.8. The molecule has 2 aromatic carbocycles. The minimum Gasteiger partial charge on any atom is -0.490 e. The highest BCUT2D eigenvalue weighted by Gasteiger charge is 2.26. The van der Waals surface area contributed by atoms with E-state index in [0.29, 0.717) is 15.8 Å². The number of hydrogen-bond acceptors (Lipinski definition) is 8. The molecular formula is C27H31Cl3O8. The molecule has 0 aromatic heterocycles. The van der Waals surface area contributed by atoms with E-state index in [1.54, 1.807) is 24.3 Å². The quantitative estimate of drug-likeness (QED) is 0.166. The zero-order chi connectivity index (χ0) is 28.5. The average Bonchev–Trinajstić information content (AvgIpc) is 2.83. The molecule has 0 unspecified atom stereocenters. The molecule has 2 atom stereocenters. The van der Waals surface area contributed by atoms with Gasteiger partial charge in [-0.1, -0.05) is 49.2 Å². The van der Waals surface area contributed by atoms with Gasteiger partial charge in [-0.05, 0) is 35.4 Å². The molecule has 8 nitrogen and oxygen atoms in total. The summed E-state index contributed by atoms with van der Waals surface area (Å²) in [5.41, 5.74) is 1.31. The van der Waals surface area contributed by atoms with Crippen molar-refractivity contribution in [1.82, 2.24) is 0 Å². The van der Waals surface area contributed by atoms with Gasteiger partial charge in [-0.15, -0.1) is 11.6 Å². The summed E-state index contributed by atoms with van der Waals surface area (Å²) < 4.78 is 26.6. The summed E-state index contributed by atoms with van der Waals surface area (Å²) in [4.78, 5) is 33.6. The summed E-state index contributed by atoms with van der Waals surface area (Å²) in [5.74, 6) is -0.553. The third-order valence-electron chi connectivity index (χ3n) is 5.46. The Balaban J connectivity index is 2.12. The normalized spacial score (nSPS) is 12.7. The lowest BCUT2D eigenvalue weighted by Gasteiger charge is -2.27. The van der Waals surface area contributed by atoms with Crippen LogP contribution in [0.3, 0.4) is 0 Å². The number of ether oxygens (including phenoxy) is 5. The van der Waals surface area contributed by atoms with Crippen LogP contribution < -0.4 is 9.47 Å². The maximum atomic E-state index is 11.3. The number of carbonyl (C=O) groups excluding carboxylic acids is 3. The van der Waals surface area contributed by atoms with Gasteiger partial charge in [0.15, 0.2) is 11.9 Å². The van der Waals surface area contributed by atoms with E-state index in [1.807, 2.05) is 26.0 Å². The van der Waals surface area contributed by atoms with Crippen LogP contribution >= 0.6 is 34.8 Å². The van der Waals surface area contributed by atoms with Gasteiger partial charge >= 0.3 is 17.9 Å². The number of esters is 3. The number of carbonyl (C=O) groups is 3.